The third-order valence-electron chi connectivity index (χ3n) is 3.66. The largest absolute Gasteiger partial charge is 0.484 e. The molecule has 116 valence electrons. The van der Waals surface area contributed by atoms with Gasteiger partial charge in [0.1, 0.15) is 5.75 Å². The predicted octanol–water partition coefficient (Wildman–Crippen LogP) is 3.95. The van der Waals surface area contributed by atoms with Crippen LogP contribution < -0.4 is 10.1 Å². The zero-order valence-corrected chi connectivity index (χ0v) is 13.4. The molecule has 0 aliphatic carbocycles. The fraction of sp³-hybridized carbons (Fsp3) is 0.316. The van der Waals surface area contributed by atoms with Crippen LogP contribution in [0.2, 0.25) is 0 Å². The lowest BCUT2D eigenvalue weighted by Crippen LogP contribution is -2.32. The molecule has 1 N–H and O–H groups in total. The first kappa shape index (κ1) is 16.1. The van der Waals surface area contributed by atoms with Crippen molar-refractivity contribution in [1.82, 2.24) is 5.32 Å². The van der Waals surface area contributed by atoms with Crippen LogP contribution in [0.1, 0.15) is 36.1 Å². The molecule has 0 heterocycles. The highest BCUT2D eigenvalue weighted by atomic mass is 16.5. The molecule has 2 aromatic rings. The fourth-order valence-electron chi connectivity index (χ4n) is 2.52. The molecular formula is C19H23NO2. The molecule has 22 heavy (non-hydrogen) atoms. The number of hydrogen-bond donors (Lipinski definition) is 1. The van der Waals surface area contributed by atoms with E-state index in [1.807, 2.05) is 30.3 Å². The van der Waals surface area contributed by atoms with Gasteiger partial charge in [-0.1, -0.05) is 48.9 Å². The Balaban J connectivity index is 1.96. The Morgan fingerprint density at radius 1 is 1.14 bits per heavy atom. The summed E-state index contributed by atoms with van der Waals surface area (Å²) in [7, 11) is 0. The van der Waals surface area contributed by atoms with Crippen LogP contribution in [0.15, 0.2) is 48.5 Å². The van der Waals surface area contributed by atoms with Crippen LogP contribution in [-0.2, 0) is 4.79 Å². The van der Waals surface area contributed by atoms with Crippen LogP contribution in [0.4, 0.5) is 0 Å². The first-order chi connectivity index (χ1) is 10.6. The summed E-state index contributed by atoms with van der Waals surface area (Å²) in [6.45, 7) is 6.26. The summed E-state index contributed by atoms with van der Waals surface area (Å²) in [6, 6.07) is 15.7. The lowest BCUT2D eigenvalue weighted by Gasteiger charge is -2.20. The Hall–Kier alpha value is -2.29. The lowest BCUT2D eigenvalue weighted by molar-refractivity contribution is -0.123. The summed E-state index contributed by atoms with van der Waals surface area (Å²) in [5, 5.41) is 3.05. The van der Waals surface area contributed by atoms with E-state index in [1.165, 1.54) is 16.7 Å². The minimum Gasteiger partial charge on any atom is -0.484 e. The van der Waals surface area contributed by atoms with Crippen molar-refractivity contribution in [1.29, 1.82) is 0 Å². The van der Waals surface area contributed by atoms with Crippen molar-refractivity contribution >= 4 is 5.91 Å². The average molecular weight is 297 g/mol. The van der Waals surface area contributed by atoms with E-state index in [2.05, 4.69) is 44.3 Å². The molecule has 2 rings (SSSR count). The Bertz CT molecular complexity index is 623. The van der Waals surface area contributed by atoms with Crippen molar-refractivity contribution in [3.8, 4) is 5.75 Å². The van der Waals surface area contributed by atoms with E-state index in [0.717, 1.165) is 6.42 Å². The maximum atomic E-state index is 12.1. The smallest absolute Gasteiger partial charge is 0.258 e. The van der Waals surface area contributed by atoms with Crippen molar-refractivity contribution < 1.29 is 9.53 Å². The topological polar surface area (TPSA) is 38.3 Å². The second-order valence-corrected chi connectivity index (χ2v) is 5.49. The molecule has 2 aromatic carbocycles. The Morgan fingerprint density at radius 2 is 1.86 bits per heavy atom. The van der Waals surface area contributed by atoms with Gasteiger partial charge in [-0.25, -0.2) is 0 Å². The molecule has 3 nitrogen and oxygen atoms in total. The number of nitrogens with one attached hydrogen (secondary N) is 1. The number of hydrogen-bond acceptors (Lipinski definition) is 2. The van der Waals surface area contributed by atoms with Crippen molar-refractivity contribution in [3.05, 3.63) is 65.2 Å². The van der Waals surface area contributed by atoms with E-state index in [4.69, 9.17) is 4.74 Å². The van der Waals surface area contributed by atoms with Gasteiger partial charge in [0.15, 0.2) is 6.61 Å². The normalized spacial score (nSPS) is 11.8. The van der Waals surface area contributed by atoms with Gasteiger partial charge < -0.3 is 10.1 Å². The Labute approximate surface area is 132 Å². The molecular weight excluding hydrogens is 274 g/mol. The van der Waals surface area contributed by atoms with E-state index in [-0.39, 0.29) is 18.6 Å². The summed E-state index contributed by atoms with van der Waals surface area (Å²) in [5.74, 6) is 0.605. The summed E-state index contributed by atoms with van der Waals surface area (Å²) in [5.41, 5.74) is 3.60. The van der Waals surface area contributed by atoms with Crippen molar-refractivity contribution in [2.24, 2.45) is 0 Å². The average Bonchev–Trinajstić information content (AvgIpc) is 2.52. The number of amides is 1. The highest BCUT2D eigenvalue weighted by Crippen LogP contribution is 2.21. The van der Waals surface area contributed by atoms with Crippen LogP contribution in [0.3, 0.4) is 0 Å². The maximum absolute atomic E-state index is 12.1. The monoisotopic (exact) mass is 297 g/mol. The van der Waals surface area contributed by atoms with Crippen molar-refractivity contribution in [2.75, 3.05) is 6.61 Å². The number of ether oxygens (including phenoxy) is 1. The van der Waals surface area contributed by atoms with Crippen LogP contribution in [0.25, 0.3) is 0 Å². The first-order valence-electron chi connectivity index (χ1n) is 7.64. The zero-order chi connectivity index (χ0) is 15.9. The molecule has 0 saturated carbocycles. The summed E-state index contributed by atoms with van der Waals surface area (Å²) >= 11 is 0. The quantitative estimate of drug-likeness (QED) is 0.876. The molecule has 0 radical (unpaired) electrons. The third-order valence-corrected chi connectivity index (χ3v) is 3.66. The lowest BCUT2D eigenvalue weighted by atomic mass is 9.97. The predicted molar refractivity (Wildman–Crippen MR) is 89.0 cm³/mol. The van der Waals surface area contributed by atoms with Crippen LogP contribution in [0.5, 0.6) is 5.75 Å². The Kier molecular flexibility index (Phi) is 5.59. The molecule has 0 spiro atoms. The Morgan fingerprint density at radius 3 is 2.50 bits per heavy atom. The molecule has 0 fully saturated rings. The van der Waals surface area contributed by atoms with Gasteiger partial charge in [0.05, 0.1) is 6.04 Å². The number of para-hydroxylation sites is 1. The molecule has 0 unspecified atom stereocenters. The van der Waals surface area contributed by atoms with Gasteiger partial charge in [-0.15, -0.1) is 0 Å². The minimum absolute atomic E-state index is 0.0208. The first-order valence-corrected chi connectivity index (χ1v) is 7.64. The number of benzene rings is 2. The van der Waals surface area contributed by atoms with Gasteiger partial charge in [0.25, 0.3) is 5.91 Å². The van der Waals surface area contributed by atoms with Gasteiger partial charge in [-0.2, -0.15) is 0 Å². The molecule has 0 saturated heterocycles. The van der Waals surface area contributed by atoms with E-state index < -0.39 is 0 Å². The van der Waals surface area contributed by atoms with Gasteiger partial charge in [-0.3, -0.25) is 4.79 Å². The van der Waals surface area contributed by atoms with Crippen LogP contribution >= 0.6 is 0 Å². The SMILES string of the molecule is CC[C@H](NC(=O)COc1ccccc1)c1ccc(C)cc1C. The molecule has 0 aliphatic heterocycles. The standard InChI is InChI=1S/C19H23NO2/c1-4-18(17-11-10-14(2)12-15(17)3)20-19(21)13-22-16-8-6-5-7-9-16/h5-12,18H,4,13H2,1-3H3,(H,20,21)/t18-/m0/s1. The summed E-state index contributed by atoms with van der Waals surface area (Å²) < 4.78 is 5.49. The molecule has 0 aliphatic rings. The fourth-order valence-corrected chi connectivity index (χ4v) is 2.52. The molecule has 0 bridgehead atoms. The van der Waals surface area contributed by atoms with Gasteiger partial charge in [0.2, 0.25) is 0 Å². The number of carbonyl (C=O) groups is 1. The van der Waals surface area contributed by atoms with Gasteiger partial charge in [-0.05, 0) is 43.5 Å². The highest BCUT2D eigenvalue weighted by Gasteiger charge is 2.15. The van der Waals surface area contributed by atoms with E-state index in [9.17, 15) is 4.79 Å². The van der Waals surface area contributed by atoms with E-state index >= 15 is 0 Å². The van der Waals surface area contributed by atoms with Crippen molar-refractivity contribution in [2.45, 2.75) is 33.2 Å². The van der Waals surface area contributed by atoms with Gasteiger partial charge in [0, 0.05) is 0 Å². The van der Waals surface area contributed by atoms with Crippen LogP contribution in [-0.4, -0.2) is 12.5 Å². The molecule has 1 atom stereocenters. The number of aryl methyl sites for hydroxylation is 2. The third kappa shape index (κ3) is 4.35. The number of rotatable bonds is 6. The highest BCUT2D eigenvalue weighted by molar-refractivity contribution is 5.78. The summed E-state index contributed by atoms with van der Waals surface area (Å²) in [6.07, 6.45) is 0.848. The molecule has 1 amide bonds. The zero-order valence-electron chi connectivity index (χ0n) is 13.4. The van der Waals surface area contributed by atoms with E-state index in [0.29, 0.717) is 5.75 Å². The van der Waals surface area contributed by atoms with Crippen LogP contribution in [0, 0.1) is 13.8 Å². The second kappa shape index (κ2) is 7.64. The molecule has 3 heteroatoms. The van der Waals surface area contributed by atoms with Crippen molar-refractivity contribution in [3.63, 3.8) is 0 Å². The van der Waals surface area contributed by atoms with Gasteiger partial charge >= 0.3 is 0 Å². The number of carbonyl (C=O) groups excluding carboxylic acids is 1. The minimum atomic E-state index is -0.101. The summed E-state index contributed by atoms with van der Waals surface area (Å²) in [4.78, 5) is 12.1. The molecule has 0 aromatic heterocycles. The van der Waals surface area contributed by atoms with E-state index in [1.54, 1.807) is 0 Å². The second-order valence-electron chi connectivity index (χ2n) is 5.49. The maximum Gasteiger partial charge on any atom is 0.258 e.